The maximum atomic E-state index is 6.51. The molecule has 22 heavy (non-hydrogen) atoms. The maximum absolute atomic E-state index is 6.51. The van der Waals surface area contributed by atoms with Crippen molar-refractivity contribution in [2.75, 3.05) is 11.4 Å². The fourth-order valence-corrected chi connectivity index (χ4v) is 4.24. The van der Waals surface area contributed by atoms with Gasteiger partial charge in [0.05, 0.1) is 11.7 Å². The highest BCUT2D eigenvalue weighted by atomic mass is 35.5. The normalized spacial score (nSPS) is 20.7. The summed E-state index contributed by atoms with van der Waals surface area (Å²) >= 11 is 6.51. The first-order valence-corrected chi connectivity index (χ1v) is 8.33. The smallest absolute Gasteiger partial charge is 0.135 e. The van der Waals surface area contributed by atoms with E-state index in [9.17, 15) is 0 Å². The van der Waals surface area contributed by atoms with E-state index in [1.165, 1.54) is 17.7 Å². The van der Waals surface area contributed by atoms with Gasteiger partial charge in [0.2, 0.25) is 0 Å². The lowest BCUT2D eigenvalue weighted by atomic mass is 10.1. The molecule has 2 aliphatic rings. The summed E-state index contributed by atoms with van der Waals surface area (Å²) < 4.78 is 1.77. The molecule has 1 saturated heterocycles. The lowest BCUT2D eigenvalue weighted by Crippen LogP contribution is -2.25. The van der Waals surface area contributed by atoms with Gasteiger partial charge >= 0.3 is 0 Å². The Balaban J connectivity index is 1.78. The summed E-state index contributed by atoms with van der Waals surface area (Å²) in [7, 11) is 1.90. The van der Waals surface area contributed by atoms with Crippen LogP contribution >= 0.6 is 11.6 Å². The van der Waals surface area contributed by atoms with E-state index in [2.05, 4.69) is 20.0 Å². The fourth-order valence-electron chi connectivity index (χ4n) is 3.94. The number of hydrogen-bond acceptors (Lipinski definition) is 4. The van der Waals surface area contributed by atoms with Gasteiger partial charge in [-0.15, -0.1) is 0 Å². The summed E-state index contributed by atoms with van der Waals surface area (Å²) in [5.74, 6) is 1.12. The fraction of sp³-hybridized carbons (Fsp3) is 0.562. The van der Waals surface area contributed by atoms with Crippen LogP contribution in [0.2, 0.25) is 5.15 Å². The number of rotatable bonds is 2. The third-order valence-corrected chi connectivity index (χ3v) is 5.35. The standard InChI is InChI=1S/C16H20ClN5/c1-10-14(15(17)21(2)20-10)13-7-4-8-22(13)16-11-5-3-6-12(11)18-9-19-16/h9,13H,3-8H2,1-2H3/t13-/m0/s1. The van der Waals surface area contributed by atoms with E-state index < -0.39 is 0 Å². The first-order chi connectivity index (χ1) is 10.7. The molecule has 0 bridgehead atoms. The number of fused-ring (bicyclic) bond motifs is 1. The first kappa shape index (κ1) is 14.0. The summed E-state index contributed by atoms with van der Waals surface area (Å²) in [6.07, 6.45) is 7.34. The molecule has 2 aromatic rings. The van der Waals surface area contributed by atoms with Crippen molar-refractivity contribution in [2.24, 2.45) is 7.05 Å². The van der Waals surface area contributed by atoms with Crippen molar-refractivity contribution in [3.05, 3.63) is 34.0 Å². The van der Waals surface area contributed by atoms with Gasteiger partial charge in [-0.05, 0) is 39.0 Å². The SMILES string of the molecule is Cc1nn(C)c(Cl)c1[C@@H]1CCCN1c1ncnc2c1CCC2. The van der Waals surface area contributed by atoms with Crippen molar-refractivity contribution < 1.29 is 0 Å². The predicted octanol–water partition coefficient (Wildman–Crippen LogP) is 3.00. The first-order valence-electron chi connectivity index (χ1n) is 7.95. The lowest BCUT2D eigenvalue weighted by molar-refractivity contribution is 0.701. The molecule has 6 heteroatoms. The van der Waals surface area contributed by atoms with Crippen LogP contribution in [0.4, 0.5) is 5.82 Å². The molecule has 1 aliphatic heterocycles. The highest BCUT2D eigenvalue weighted by Gasteiger charge is 2.34. The van der Waals surface area contributed by atoms with Gasteiger partial charge in [-0.25, -0.2) is 9.97 Å². The number of anilines is 1. The molecule has 0 aromatic carbocycles. The Bertz CT molecular complexity index is 724. The molecule has 0 N–H and O–H groups in total. The molecular weight excluding hydrogens is 298 g/mol. The molecule has 0 saturated carbocycles. The summed E-state index contributed by atoms with van der Waals surface area (Å²) in [5, 5.41) is 5.23. The Morgan fingerprint density at radius 3 is 2.86 bits per heavy atom. The van der Waals surface area contributed by atoms with Gasteiger partial charge in [-0.1, -0.05) is 11.6 Å². The van der Waals surface area contributed by atoms with Crippen LogP contribution in [0.15, 0.2) is 6.33 Å². The Labute approximate surface area is 135 Å². The highest BCUT2D eigenvalue weighted by molar-refractivity contribution is 6.30. The van der Waals surface area contributed by atoms with Crippen LogP contribution in [0.1, 0.15) is 47.8 Å². The third-order valence-electron chi connectivity index (χ3n) is 4.91. The quantitative estimate of drug-likeness (QED) is 0.854. The van der Waals surface area contributed by atoms with Crippen molar-refractivity contribution in [2.45, 2.75) is 45.1 Å². The summed E-state index contributed by atoms with van der Waals surface area (Å²) in [4.78, 5) is 11.5. The molecule has 2 aromatic heterocycles. The molecule has 0 unspecified atom stereocenters. The van der Waals surface area contributed by atoms with Crippen LogP contribution in [-0.4, -0.2) is 26.3 Å². The molecule has 116 valence electrons. The molecular formula is C16H20ClN5. The molecule has 1 fully saturated rings. The summed E-state index contributed by atoms with van der Waals surface area (Å²) in [5.41, 5.74) is 4.75. The zero-order chi connectivity index (χ0) is 15.3. The largest absolute Gasteiger partial charge is 0.349 e. The molecule has 1 aliphatic carbocycles. The second-order valence-electron chi connectivity index (χ2n) is 6.24. The van der Waals surface area contributed by atoms with Crippen LogP contribution in [0.5, 0.6) is 0 Å². The van der Waals surface area contributed by atoms with Gasteiger partial charge in [-0.3, -0.25) is 4.68 Å². The lowest BCUT2D eigenvalue weighted by Gasteiger charge is -2.27. The van der Waals surface area contributed by atoms with E-state index in [4.69, 9.17) is 11.6 Å². The van der Waals surface area contributed by atoms with E-state index >= 15 is 0 Å². The van der Waals surface area contributed by atoms with Gasteiger partial charge < -0.3 is 4.90 Å². The Hall–Kier alpha value is -1.62. The van der Waals surface area contributed by atoms with Gasteiger partial charge in [0.25, 0.3) is 0 Å². The number of halogens is 1. The Kier molecular flexibility index (Phi) is 3.33. The number of aryl methyl sites for hydroxylation is 3. The zero-order valence-corrected chi connectivity index (χ0v) is 13.8. The van der Waals surface area contributed by atoms with Crippen molar-refractivity contribution in [1.82, 2.24) is 19.7 Å². The minimum Gasteiger partial charge on any atom is -0.349 e. The molecule has 0 radical (unpaired) electrons. The second kappa shape index (κ2) is 5.23. The van der Waals surface area contributed by atoms with E-state index in [0.29, 0.717) is 0 Å². The maximum Gasteiger partial charge on any atom is 0.135 e. The number of hydrogen-bond donors (Lipinski definition) is 0. The topological polar surface area (TPSA) is 46.8 Å². The van der Waals surface area contributed by atoms with Crippen LogP contribution in [0, 0.1) is 6.92 Å². The van der Waals surface area contributed by atoms with Gasteiger partial charge in [0.15, 0.2) is 0 Å². The molecule has 3 heterocycles. The van der Waals surface area contributed by atoms with E-state index in [0.717, 1.165) is 54.5 Å². The van der Waals surface area contributed by atoms with E-state index in [1.54, 1.807) is 11.0 Å². The predicted molar refractivity (Wildman–Crippen MR) is 86.3 cm³/mol. The van der Waals surface area contributed by atoms with Gasteiger partial charge in [0.1, 0.15) is 17.3 Å². The summed E-state index contributed by atoms with van der Waals surface area (Å²) in [6, 6.07) is 0.279. The molecule has 0 spiro atoms. The minimum absolute atomic E-state index is 0.279. The Morgan fingerprint density at radius 1 is 1.23 bits per heavy atom. The van der Waals surface area contributed by atoms with E-state index in [-0.39, 0.29) is 6.04 Å². The molecule has 4 rings (SSSR count). The van der Waals surface area contributed by atoms with Crippen LogP contribution in [0.25, 0.3) is 0 Å². The number of nitrogens with zero attached hydrogens (tertiary/aromatic N) is 5. The Morgan fingerprint density at radius 2 is 2.09 bits per heavy atom. The molecule has 5 nitrogen and oxygen atoms in total. The van der Waals surface area contributed by atoms with Crippen LogP contribution in [0.3, 0.4) is 0 Å². The molecule has 0 amide bonds. The van der Waals surface area contributed by atoms with Gasteiger partial charge in [0, 0.05) is 30.4 Å². The van der Waals surface area contributed by atoms with Crippen LogP contribution < -0.4 is 4.90 Å². The average molecular weight is 318 g/mol. The zero-order valence-electron chi connectivity index (χ0n) is 13.0. The second-order valence-corrected chi connectivity index (χ2v) is 6.60. The number of aromatic nitrogens is 4. The van der Waals surface area contributed by atoms with Crippen LogP contribution in [-0.2, 0) is 19.9 Å². The van der Waals surface area contributed by atoms with Crippen molar-refractivity contribution >= 4 is 17.4 Å². The van der Waals surface area contributed by atoms with Crippen molar-refractivity contribution in [3.63, 3.8) is 0 Å². The highest BCUT2D eigenvalue weighted by Crippen LogP contribution is 2.41. The van der Waals surface area contributed by atoms with Crippen molar-refractivity contribution in [3.8, 4) is 0 Å². The van der Waals surface area contributed by atoms with Gasteiger partial charge in [-0.2, -0.15) is 5.10 Å². The summed E-state index contributed by atoms with van der Waals surface area (Å²) in [6.45, 7) is 3.07. The van der Waals surface area contributed by atoms with Crippen molar-refractivity contribution in [1.29, 1.82) is 0 Å². The van der Waals surface area contributed by atoms with E-state index in [1.807, 2.05) is 14.0 Å². The third kappa shape index (κ3) is 2.02. The molecule has 1 atom stereocenters. The minimum atomic E-state index is 0.279. The average Bonchev–Trinajstić information content (AvgIpc) is 3.19. The monoisotopic (exact) mass is 317 g/mol.